The minimum absolute atomic E-state index is 0.214. The number of hydrogen-bond acceptors (Lipinski definition) is 9. The van der Waals surface area contributed by atoms with E-state index in [1.54, 1.807) is 28.8 Å². The SMILES string of the molecule is CCOCCN(c1cccc2cc(-c3ncc(CN4CCC(C)(O)CC4)s3)[nH]c12)S(=O)(=O)c1cccs1.O=C(O)C(F)(F)F. The van der Waals surface area contributed by atoms with E-state index in [4.69, 9.17) is 14.6 Å². The number of rotatable bonds is 10. The summed E-state index contributed by atoms with van der Waals surface area (Å²) in [6.07, 6.45) is -1.62. The number of nitrogens with one attached hydrogen (secondary N) is 1. The van der Waals surface area contributed by atoms with E-state index in [2.05, 4.69) is 14.9 Å². The fourth-order valence-electron chi connectivity index (χ4n) is 4.56. The van der Waals surface area contributed by atoms with Gasteiger partial charge in [-0.05, 0) is 50.3 Å². The highest BCUT2D eigenvalue weighted by Gasteiger charge is 2.38. The first kappa shape index (κ1) is 33.9. The lowest BCUT2D eigenvalue weighted by atomic mass is 9.94. The van der Waals surface area contributed by atoms with Crippen molar-refractivity contribution in [2.24, 2.45) is 0 Å². The number of halogens is 3. The molecule has 1 fully saturated rings. The summed E-state index contributed by atoms with van der Waals surface area (Å²) < 4.78 is 66.2. The number of carbonyl (C=O) groups is 1. The van der Waals surface area contributed by atoms with Crippen molar-refractivity contribution in [3.63, 3.8) is 0 Å². The number of fused-ring (bicyclic) bond motifs is 1. The molecule has 1 aromatic carbocycles. The zero-order valence-electron chi connectivity index (χ0n) is 24.0. The molecule has 240 valence electrons. The van der Waals surface area contributed by atoms with Crippen LogP contribution in [0.25, 0.3) is 21.6 Å². The fourth-order valence-corrected chi connectivity index (χ4v) is 8.05. The van der Waals surface area contributed by atoms with Gasteiger partial charge in [-0.3, -0.25) is 9.21 Å². The zero-order chi connectivity index (χ0) is 32.1. The molecule has 44 heavy (non-hydrogen) atoms. The van der Waals surface area contributed by atoms with Gasteiger partial charge >= 0.3 is 12.1 Å². The van der Waals surface area contributed by atoms with E-state index < -0.39 is 27.8 Å². The van der Waals surface area contributed by atoms with Crippen LogP contribution in [0.3, 0.4) is 0 Å². The zero-order valence-corrected chi connectivity index (χ0v) is 26.5. The van der Waals surface area contributed by atoms with E-state index >= 15 is 0 Å². The first-order valence-corrected chi connectivity index (χ1v) is 16.8. The van der Waals surface area contributed by atoms with Gasteiger partial charge in [0, 0.05) is 42.7 Å². The van der Waals surface area contributed by atoms with Crippen LogP contribution in [0, 0.1) is 0 Å². The molecular weight excluding hydrogens is 642 g/mol. The van der Waals surface area contributed by atoms with Crippen molar-refractivity contribution in [1.29, 1.82) is 0 Å². The molecule has 10 nitrogen and oxygen atoms in total. The van der Waals surface area contributed by atoms with E-state index in [1.165, 1.54) is 15.6 Å². The monoisotopic (exact) mass is 674 g/mol. The molecule has 0 aliphatic carbocycles. The Bertz CT molecular complexity index is 1640. The largest absolute Gasteiger partial charge is 0.490 e. The van der Waals surface area contributed by atoms with Gasteiger partial charge in [0.2, 0.25) is 0 Å². The molecule has 0 atom stereocenters. The number of carboxylic acid groups (broad SMARTS) is 1. The second-order valence-corrected chi connectivity index (χ2v) is 14.5. The summed E-state index contributed by atoms with van der Waals surface area (Å²) in [6.45, 7) is 7.38. The van der Waals surface area contributed by atoms with E-state index in [-0.39, 0.29) is 6.54 Å². The van der Waals surface area contributed by atoms with E-state index in [0.29, 0.717) is 23.1 Å². The fraction of sp³-hybridized carbons (Fsp3) is 0.429. The van der Waals surface area contributed by atoms with Gasteiger partial charge in [-0.2, -0.15) is 13.2 Å². The number of thiophene rings is 1. The smallest absolute Gasteiger partial charge is 0.475 e. The molecule has 0 bridgehead atoms. The Morgan fingerprint density at radius 1 is 1.23 bits per heavy atom. The highest BCUT2D eigenvalue weighted by molar-refractivity contribution is 7.94. The molecule has 0 spiro atoms. The molecule has 4 aromatic rings. The standard InChI is InChI=1S/C26H32N4O4S3.C2HF3O2/c1-3-34-14-13-30(37(32,33)23-8-5-15-35-23)22-7-4-6-19-16-21(28-24(19)22)25-27-17-20(36-25)18-29-11-9-26(2,31)10-12-29;3-2(4,5)1(6)7/h4-8,15-17,28,31H,3,9-14,18H2,1-2H3;(H,6,7). The molecule has 4 heterocycles. The van der Waals surface area contributed by atoms with Crippen LogP contribution in [0.4, 0.5) is 18.9 Å². The number of aromatic nitrogens is 2. The van der Waals surface area contributed by atoms with E-state index in [0.717, 1.165) is 59.0 Å². The lowest BCUT2D eigenvalue weighted by molar-refractivity contribution is -0.192. The number of hydrogen-bond donors (Lipinski definition) is 3. The van der Waals surface area contributed by atoms with Crippen LogP contribution in [0.5, 0.6) is 0 Å². The molecular formula is C28H33F3N4O6S3. The van der Waals surface area contributed by atoms with Gasteiger partial charge in [0.15, 0.2) is 0 Å². The number of aromatic amines is 1. The van der Waals surface area contributed by atoms with Crippen LogP contribution < -0.4 is 4.31 Å². The average Bonchev–Trinajstić information content (AvgIpc) is 3.73. The lowest BCUT2D eigenvalue weighted by Gasteiger charge is -2.35. The summed E-state index contributed by atoms with van der Waals surface area (Å²) in [6, 6.07) is 11.1. The third-order valence-corrected chi connectivity index (χ3v) is 11.1. The first-order valence-electron chi connectivity index (χ1n) is 13.7. The topological polar surface area (TPSA) is 136 Å². The third kappa shape index (κ3) is 8.37. The molecule has 3 N–H and O–H groups in total. The molecule has 1 aliphatic heterocycles. The van der Waals surface area contributed by atoms with Crippen LogP contribution in [-0.2, 0) is 26.1 Å². The minimum atomic E-state index is -5.08. The molecule has 1 saturated heterocycles. The Kier molecular flexibility index (Phi) is 10.7. The van der Waals surface area contributed by atoms with Crippen molar-refractivity contribution in [2.45, 2.75) is 49.2 Å². The second kappa shape index (κ2) is 14.0. The summed E-state index contributed by atoms with van der Waals surface area (Å²) >= 11 is 2.84. The van der Waals surface area contributed by atoms with Crippen molar-refractivity contribution in [3.05, 3.63) is 52.9 Å². The normalized spacial score (nSPS) is 15.6. The number of sulfonamides is 1. The van der Waals surface area contributed by atoms with Crippen LogP contribution in [0.2, 0.25) is 0 Å². The average molecular weight is 675 g/mol. The number of benzene rings is 1. The molecule has 0 amide bonds. The highest BCUT2D eigenvalue weighted by atomic mass is 32.2. The van der Waals surface area contributed by atoms with Crippen molar-refractivity contribution < 1.29 is 41.3 Å². The Hall–Kier alpha value is -3.02. The number of aliphatic hydroxyl groups is 1. The Balaban J connectivity index is 0.000000566. The van der Waals surface area contributed by atoms with Crippen LogP contribution in [0.1, 0.15) is 31.6 Å². The molecule has 16 heteroatoms. The van der Waals surface area contributed by atoms with Crippen molar-refractivity contribution in [2.75, 3.05) is 37.2 Å². The van der Waals surface area contributed by atoms with Crippen LogP contribution >= 0.6 is 22.7 Å². The molecule has 5 rings (SSSR count). The molecule has 0 unspecified atom stereocenters. The lowest BCUT2D eigenvalue weighted by Crippen LogP contribution is -2.41. The number of piperidine rings is 1. The summed E-state index contributed by atoms with van der Waals surface area (Å²) in [5, 5.41) is 20.9. The summed E-state index contributed by atoms with van der Waals surface area (Å²) in [5.41, 5.74) is 1.64. The number of carboxylic acids is 1. The van der Waals surface area contributed by atoms with Gasteiger partial charge in [-0.15, -0.1) is 22.7 Å². The minimum Gasteiger partial charge on any atom is -0.475 e. The number of anilines is 1. The van der Waals surface area contributed by atoms with E-state index in [9.17, 15) is 26.7 Å². The quantitative estimate of drug-likeness (QED) is 0.186. The van der Waals surface area contributed by atoms with Gasteiger partial charge < -0.3 is 19.9 Å². The van der Waals surface area contributed by atoms with Gasteiger partial charge in [-0.1, -0.05) is 18.2 Å². The third-order valence-electron chi connectivity index (χ3n) is 6.92. The van der Waals surface area contributed by atoms with Crippen molar-refractivity contribution in [3.8, 4) is 10.7 Å². The number of para-hydroxylation sites is 1. The Labute approximate surface area is 260 Å². The second-order valence-electron chi connectivity index (χ2n) is 10.3. The summed E-state index contributed by atoms with van der Waals surface area (Å²) in [5.74, 6) is -2.76. The predicted octanol–water partition coefficient (Wildman–Crippen LogP) is 5.56. The number of thiazole rings is 1. The van der Waals surface area contributed by atoms with Gasteiger partial charge in [-0.25, -0.2) is 18.2 Å². The maximum Gasteiger partial charge on any atom is 0.490 e. The van der Waals surface area contributed by atoms with Gasteiger partial charge in [0.1, 0.15) is 9.22 Å². The Morgan fingerprint density at radius 2 is 1.93 bits per heavy atom. The molecule has 3 aromatic heterocycles. The maximum absolute atomic E-state index is 13.6. The number of nitrogens with zero attached hydrogens (tertiary/aromatic N) is 3. The van der Waals surface area contributed by atoms with Crippen molar-refractivity contribution >= 4 is 55.3 Å². The number of ether oxygens (including phenoxy) is 1. The van der Waals surface area contributed by atoms with Crippen LogP contribution in [-0.4, -0.2) is 84.1 Å². The number of alkyl halides is 3. The first-order chi connectivity index (χ1) is 20.7. The number of aliphatic carboxylic acids is 1. The Morgan fingerprint density at radius 3 is 2.55 bits per heavy atom. The maximum atomic E-state index is 13.6. The summed E-state index contributed by atoms with van der Waals surface area (Å²) in [7, 11) is -3.74. The highest BCUT2D eigenvalue weighted by Crippen LogP contribution is 2.36. The van der Waals surface area contributed by atoms with Crippen molar-refractivity contribution in [1.82, 2.24) is 14.9 Å². The van der Waals surface area contributed by atoms with Crippen LogP contribution in [0.15, 0.2) is 52.2 Å². The molecule has 1 aliphatic rings. The van der Waals surface area contributed by atoms with Gasteiger partial charge in [0.05, 0.1) is 35.7 Å². The molecule has 0 radical (unpaired) electrons. The number of H-pyrrole nitrogens is 1. The van der Waals surface area contributed by atoms with Gasteiger partial charge in [0.25, 0.3) is 10.0 Å². The van der Waals surface area contributed by atoms with E-state index in [1.807, 2.05) is 44.3 Å². The molecule has 0 saturated carbocycles. The number of likely N-dealkylation sites (tertiary alicyclic amines) is 1. The predicted molar refractivity (Wildman–Crippen MR) is 164 cm³/mol. The summed E-state index contributed by atoms with van der Waals surface area (Å²) in [4.78, 5) is 20.5.